The predicted molar refractivity (Wildman–Crippen MR) is 85.7 cm³/mol. The normalized spacial score (nSPS) is 10.7. The van der Waals surface area contributed by atoms with E-state index in [4.69, 9.17) is 9.84 Å². The van der Waals surface area contributed by atoms with Crippen molar-refractivity contribution < 1.29 is 9.84 Å². The highest BCUT2D eigenvalue weighted by Gasteiger charge is 2.08. The van der Waals surface area contributed by atoms with Crippen molar-refractivity contribution in [1.82, 2.24) is 9.97 Å². The molecule has 0 atom stereocenters. The molecule has 1 aromatic heterocycles. The predicted octanol–water partition coefficient (Wildman–Crippen LogP) is 2.04. The van der Waals surface area contributed by atoms with Gasteiger partial charge in [0, 0.05) is 39.4 Å². The first-order valence-corrected chi connectivity index (χ1v) is 7.72. The SMILES string of the molecule is CCNc1cc(N(C)CCCCCO)nc(COCC)n1. The fourth-order valence-corrected chi connectivity index (χ4v) is 1.96. The second kappa shape index (κ2) is 10.3. The van der Waals surface area contributed by atoms with Crippen LogP contribution < -0.4 is 10.2 Å². The molecule has 1 aromatic rings. The zero-order valence-corrected chi connectivity index (χ0v) is 13.4. The summed E-state index contributed by atoms with van der Waals surface area (Å²) in [5, 5.41) is 12.0. The Morgan fingerprint density at radius 2 is 2.05 bits per heavy atom. The molecule has 120 valence electrons. The molecule has 0 aliphatic rings. The Morgan fingerprint density at radius 3 is 2.71 bits per heavy atom. The standard InChI is InChI=1S/C15H28N4O2/c1-4-16-13-11-15(18-14(17-13)12-21-5-2)19(3)9-7-6-8-10-20/h11,20H,4-10,12H2,1-3H3,(H,16,17,18). The van der Waals surface area contributed by atoms with Crippen LogP contribution >= 0.6 is 0 Å². The van der Waals surface area contributed by atoms with E-state index < -0.39 is 0 Å². The van der Waals surface area contributed by atoms with Crippen molar-refractivity contribution in [2.45, 2.75) is 39.7 Å². The number of hydrogen-bond acceptors (Lipinski definition) is 6. The van der Waals surface area contributed by atoms with E-state index in [0.29, 0.717) is 19.0 Å². The second-order valence-electron chi connectivity index (χ2n) is 4.90. The molecule has 6 nitrogen and oxygen atoms in total. The molecule has 0 aliphatic heterocycles. The highest BCUT2D eigenvalue weighted by atomic mass is 16.5. The molecule has 0 fully saturated rings. The van der Waals surface area contributed by atoms with Crippen molar-refractivity contribution in [1.29, 1.82) is 0 Å². The third kappa shape index (κ3) is 6.73. The average Bonchev–Trinajstić information content (AvgIpc) is 2.49. The average molecular weight is 296 g/mol. The van der Waals surface area contributed by atoms with E-state index in [1.54, 1.807) is 0 Å². The molecule has 21 heavy (non-hydrogen) atoms. The van der Waals surface area contributed by atoms with E-state index in [0.717, 1.165) is 44.0 Å². The molecule has 1 rings (SSSR count). The van der Waals surface area contributed by atoms with E-state index >= 15 is 0 Å². The summed E-state index contributed by atoms with van der Waals surface area (Å²) < 4.78 is 5.40. The van der Waals surface area contributed by atoms with Crippen LogP contribution in [0.15, 0.2) is 6.07 Å². The summed E-state index contributed by atoms with van der Waals surface area (Å²) in [6.45, 7) is 7.09. The van der Waals surface area contributed by atoms with Gasteiger partial charge in [-0.1, -0.05) is 0 Å². The van der Waals surface area contributed by atoms with Crippen LogP contribution in [0, 0.1) is 0 Å². The van der Waals surface area contributed by atoms with Gasteiger partial charge in [-0.15, -0.1) is 0 Å². The van der Waals surface area contributed by atoms with Crippen LogP contribution in [0.25, 0.3) is 0 Å². The third-order valence-electron chi connectivity index (χ3n) is 3.09. The summed E-state index contributed by atoms with van der Waals surface area (Å²) in [7, 11) is 2.03. The molecule has 0 spiro atoms. The Labute approximate surface area is 127 Å². The molecule has 0 saturated carbocycles. The molecule has 0 aliphatic carbocycles. The fourth-order valence-electron chi connectivity index (χ4n) is 1.96. The lowest BCUT2D eigenvalue weighted by molar-refractivity contribution is 0.128. The number of aliphatic hydroxyl groups is 1. The first kappa shape index (κ1) is 17.7. The Morgan fingerprint density at radius 1 is 1.24 bits per heavy atom. The first-order valence-electron chi connectivity index (χ1n) is 7.72. The lowest BCUT2D eigenvalue weighted by Gasteiger charge is -2.19. The van der Waals surface area contributed by atoms with Crippen LogP contribution in [-0.2, 0) is 11.3 Å². The molecule has 0 aromatic carbocycles. The van der Waals surface area contributed by atoms with Crippen molar-refractivity contribution in [2.75, 3.05) is 43.6 Å². The molecule has 0 radical (unpaired) electrons. The molecule has 6 heteroatoms. The van der Waals surface area contributed by atoms with Crippen LogP contribution in [-0.4, -0.2) is 48.4 Å². The summed E-state index contributed by atoms with van der Waals surface area (Å²) in [6.07, 6.45) is 2.92. The number of aromatic nitrogens is 2. The summed E-state index contributed by atoms with van der Waals surface area (Å²) in [6, 6.07) is 1.96. The van der Waals surface area contributed by atoms with Gasteiger partial charge in [-0.25, -0.2) is 9.97 Å². The number of hydrogen-bond donors (Lipinski definition) is 2. The van der Waals surface area contributed by atoms with Crippen molar-refractivity contribution >= 4 is 11.6 Å². The minimum atomic E-state index is 0.264. The molecule has 1 heterocycles. The molecule has 2 N–H and O–H groups in total. The second-order valence-corrected chi connectivity index (χ2v) is 4.90. The van der Waals surface area contributed by atoms with Crippen LogP contribution in [0.4, 0.5) is 11.6 Å². The summed E-state index contributed by atoms with van der Waals surface area (Å²) >= 11 is 0. The van der Waals surface area contributed by atoms with Crippen molar-refractivity contribution in [2.24, 2.45) is 0 Å². The quantitative estimate of drug-likeness (QED) is 0.609. The maximum Gasteiger partial charge on any atom is 0.158 e. The summed E-state index contributed by atoms with van der Waals surface area (Å²) in [5.74, 6) is 2.44. The monoisotopic (exact) mass is 296 g/mol. The zero-order chi connectivity index (χ0) is 15.5. The maximum atomic E-state index is 8.81. The van der Waals surface area contributed by atoms with Gasteiger partial charge in [0.2, 0.25) is 0 Å². The topological polar surface area (TPSA) is 70.5 Å². The molecule has 0 amide bonds. The number of ether oxygens (including phenoxy) is 1. The Balaban J connectivity index is 2.70. The molecular formula is C15H28N4O2. The van der Waals surface area contributed by atoms with E-state index in [2.05, 4.69) is 20.2 Å². The minimum Gasteiger partial charge on any atom is -0.396 e. The van der Waals surface area contributed by atoms with Crippen LogP contribution in [0.3, 0.4) is 0 Å². The lowest BCUT2D eigenvalue weighted by Crippen LogP contribution is -2.21. The smallest absolute Gasteiger partial charge is 0.158 e. The largest absolute Gasteiger partial charge is 0.396 e. The zero-order valence-electron chi connectivity index (χ0n) is 13.4. The van der Waals surface area contributed by atoms with E-state index in [1.165, 1.54) is 0 Å². The van der Waals surface area contributed by atoms with Gasteiger partial charge < -0.3 is 20.1 Å². The summed E-state index contributed by atoms with van der Waals surface area (Å²) in [4.78, 5) is 11.1. The van der Waals surface area contributed by atoms with Gasteiger partial charge in [0.1, 0.15) is 18.2 Å². The molecule has 0 bridgehead atoms. The third-order valence-corrected chi connectivity index (χ3v) is 3.09. The minimum absolute atomic E-state index is 0.264. The van der Waals surface area contributed by atoms with Crippen LogP contribution in [0.5, 0.6) is 0 Å². The maximum absolute atomic E-state index is 8.81. The number of nitrogens with zero attached hydrogens (tertiary/aromatic N) is 3. The lowest BCUT2D eigenvalue weighted by atomic mass is 10.2. The first-order chi connectivity index (χ1) is 10.2. The Hall–Kier alpha value is -1.40. The molecule has 0 unspecified atom stereocenters. The number of nitrogens with one attached hydrogen (secondary N) is 1. The number of anilines is 2. The van der Waals surface area contributed by atoms with Gasteiger partial charge >= 0.3 is 0 Å². The van der Waals surface area contributed by atoms with Gasteiger partial charge in [-0.05, 0) is 33.1 Å². The summed E-state index contributed by atoms with van der Waals surface area (Å²) in [5.41, 5.74) is 0. The number of aliphatic hydroxyl groups excluding tert-OH is 1. The van der Waals surface area contributed by atoms with E-state index in [-0.39, 0.29) is 6.61 Å². The Bertz CT molecular complexity index is 401. The highest BCUT2D eigenvalue weighted by molar-refractivity contribution is 5.48. The Kier molecular flexibility index (Phi) is 8.69. The van der Waals surface area contributed by atoms with Crippen LogP contribution in [0.2, 0.25) is 0 Å². The molecule has 0 saturated heterocycles. The fraction of sp³-hybridized carbons (Fsp3) is 0.733. The van der Waals surface area contributed by atoms with E-state index in [9.17, 15) is 0 Å². The number of unbranched alkanes of at least 4 members (excludes halogenated alkanes) is 2. The van der Waals surface area contributed by atoms with Gasteiger partial charge in [-0.2, -0.15) is 0 Å². The number of rotatable bonds is 11. The van der Waals surface area contributed by atoms with Gasteiger partial charge in [0.15, 0.2) is 5.82 Å². The van der Waals surface area contributed by atoms with Gasteiger partial charge in [0.25, 0.3) is 0 Å². The van der Waals surface area contributed by atoms with E-state index in [1.807, 2.05) is 27.0 Å². The van der Waals surface area contributed by atoms with Crippen LogP contribution in [0.1, 0.15) is 38.9 Å². The molecular weight excluding hydrogens is 268 g/mol. The highest BCUT2D eigenvalue weighted by Crippen LogP contribution is 2.16. The van der Waals surface area contributed by atoms with Crippen molar-refractivity contribution in [3.05, 3.63) is 11.9 Å². The van der Waals surface area contributed by atoms with Gasteiger partial charge in [-0.3, -0.25) is 0 Å². The van der Waals surface area contributed by atoms with Gasteiger partial charge in [0.05, 0.1) is 0 Å². The van der Waals surface area contributed by atoms with Crippen molar-refractivity contribution in [3.63, 3.8) is 0 Å². The van der Waals surface area contributed by atoms with Crippen molar-refractivity contribution in [3.8, 4) is 0 Å².